The Labute approximate surface area is 151 Å². The molecule has 0 aromatic heterocycles. The summed E-state index contributed by atoms with van der Waals surface area (Å²) < 4.78 is 53.5. The maximum absolute atomic E-state index is 12.9. The molecule has 1 aliphatic heterocycles. The second kappa shape index (κ2) is 8.59. The van der Waals surface area contributed by atoms with E-state index in [-0.39, 0.29) is 29.7 Å². The summed E-state index contributed by atoms with van der Waals surface area (Å²) in [6.07, 6.45) is 0. The van der Waals surface area contributed by atoms with E-state index in [9.17, 15) is 16.8 Å². The first-order valence-corrected chi connectivity index (χ1v) is 11.5. The average molecular weight is 390 g/mol. The van der Waals surface area contributed by atoms with Gasteiger partial charge in [-0.2, -0.15) is 8.61 Å². The molecule has 1 aromatic carbocycles. The van der Waals surface area contributed by atoms with Gasteiger partial charge in [-0.25, -0.2) is 16.8 Å². The molecule has 1 N–H and O–H groups in total. The standard InChI is InChI=1S/C16H27N3O4S2/c1-15(2)14-19(25(22,23)16-6-4-3-5-7-16)12-13-24(20,21)18-10-8-17-9-11-18/h3-7,15,17H,8-14H2,1-2H3. The summed E-state index contributed by atoms with van der Waals surface area (Å²) in [5, 5.41) is 3.11. The number of piperazine rings is 1. The summed E-state index contributed by atoms with van der Waals surface area (Å²) in [7, 11) is -7.18. The van der Waals surface area contributed by atoms with Crippen LogP contribution >= 0.6 is 0 Å². The van der Waals surface area contributed by atoms with Crippen molar-refractivity contribution in [3.05, 3.63) is 30.3 Å². The zero-order valence-electron chi connectivity index (χ0n) is 14.8. The molecule has 0 spiro atoms. The van der Waals surface area contributed by atoms with Gasteiger partial charge in [0, 0.05) is 39.3 Å². The molecule has 2 rings (SSSR count). The zero-order valence-corrected chi connectivity index (χ0v) is 16.4. The van der Waals surface area contributed by atoms with Crippen molar-refractivity contribution in [2.75, 3.05) is 45.0 Å². The van der Waals surface area contributed by atoms with Crippen molar-refractivity contribution in [3.8, 4) is 0 Å². The molecule has 0 bridgehead atoms. The van der Waals surface area contributed by atoms with E-state index in [1.807, 2.05) is 13.8 Å². The van der Waals surface area contributed by atoms with Crippen LogP contribution in [-0.4, -0.2) is 70.5 Å². The molecule has 1 heterocycles. The summed E-state index contributed by atoms with van der Waals surface area (Å²) in [6, 6.07) is 8.15. The third-order valence-electron chi connectivity index (χ3n) is 4.02. The van der Waals surface area contributed by atoms with Gasteiger partial charge in [-0.15, -0.1) is 0 Å². The Morgan fingerprint density at radius 2 is 1.68 bits per heavy atom. The van der Waals surface area contributed by atoms with Crippen LogP contribution in [0.4, 0.5) is 0 Å². The minimum Gasteiger partial charge on any atom is -0.314 e. The molecule has 142 valence electrons. The summed E-state index contributed by atoms with van der Waals surface area (Å²) in [5.74, 6) is -0.105. The van der Waals surface area contributed by atoms with Gasteiger partial charge in [-0.3, -0.25) is 0 Å². The van der Waals surface area contributed by atoms with E-state index in [0.29, 0.717) is 26.2 Å². The second-order valence-electron chi connectivity index (χ2n) is 6.54. The lowest BCUT2D eigenvalue weighted by molar-refractivity contribution is 0.351. The van der Waals surface area contributed by atoms with E-state index < -0.39 is 20.0 Å². The molecule has 9 heteroatoms. The molecule has 0 radical (unpaired) electrons. The number of nitrogens with zero attached hydrogens (tertiary/aromatic N) is 2. The highest BCUT2D eigenvalue weighted by Crippen LogP contribution is 2.17. The van der Waals surface area contributed by atoms with E-state index in [2.05, 4.69) is 5.32 Å². The molecule has 0 aliphatic carbocycles. The lowest BCUT2D eigenvalue weighted by Crippen LogP contribution is -2.48. The second-order valence-corrected chi connectivity index (χ2v) is 10.6. The van der Waals surface area contributed by atoms with Gasteiger partial charge < -0.3 is 5.32 Å². The fraction of sp³-hybridized carbons (Fsp3) is 0.625. The first-order chi connectivity index (χ1) is 11.7. The van der Waals surface area contributed by atoms with Crippen LogP contribution in [0.25, 0.3) is 0 Å². The highest BCUT2D eigenvalue weighted by atomic mass is 32.2. The predicted molar refractivity (Wildman–Crippen MR) is 98.3 cm³/mol. The Bertz CT molecular complexity index is 743. The smallest absolute Gasteiger partial charge is 0.243 e. The quantitative estimate of drug-likeness (QED) is 0.702. The van der Waals surface area contributed by atoms with Crippen molar-refractivity contribution >= 4 is 20.0 Å². The van der Waals surface area contributed by atoms with E-state index in [4.69, 9.17) is 0 Å². The van der Waals surface area contributed by atoms with E-state index in [1.54, 1.807) is 18.2 Å². The number of hydrogen-bond acceptors (Lipinski definition) is 5. The van der Waals surface area contributed by atoms with Gasteiger partial charge in [-0.05, 0) is 18.1 Å². The predicted octanol–water partition coefficient (Wildman–Crippen LogP) is 0.568. The van der Waals surface area contributed by atoms with Crippen molar-refractivity contribution in [1.82, 2.24) is 13.9 Å². The molecular formula is C16H27N3O4S2. The van der Waals surface area contributed by atoms with Gasteiger partial charge in [-0.1, -0.05) is 32.0 Å². The first-order valence-electron chi connectivity index (χ1n) is 8.47. The van der Waals surface area contributed by atoms with Crippen molar-refractivity contribution in [1.29, 1.82) is 0 Å². The summed E-state index contributed by atoms with van der Waals surface area (Å²) >= 11 is 0. The fourth-order valence-electron chi connectivity index (χ4n) is 2.73. The highest BCUT2D eigenvalue weighted by Gasteiger charge is 2.29. The number of hydrogen-bond donors (Lipinski definition) is 1. The summed E-state index contributed by atoms with van der Waals surface area (Å²) in [4.78, 5) is 0.190. The van der Waals surface area contributed by atoms with Crippen LogP contribution in [0.2, 0.25) is 0 Å². The third-order valence-corrected chi connectivity index (χ3v) is 7.75. The maximum Gasteiger partial charge on any atom is 0.243 e. The minimum absolute atomic E-state index is 0.0400. The van der Waals surface area contributed by atoms with Gasteiger partial charge in [0.25, 0.3) is 0 Å². The Morgan fingerprint density at radius 1 is 1.08 bits per heavy atom. The molecular weight excluding hydrogens is 362 g/mol. The van der Waals surface area contributed by atoms with E-state index in [0.717, 1.165) is 0 Å². The molecule has 0 atom stereocenters. The monoisotopic (exact) mass is 389 g/mol. The number of sulfonamides is 2. The molecule has 0 saturated carbocycles. The Balaban J connectivity index is 2.15. The van der Waals surface area contributed by atoms with Gasteiger partial charge in [0.1, 0.15) is 0 Å². The van der Waals surface area contributed by atoms with Gasteiger partial charge in [0.15, 0.2) is 0 Å². The molecule has 1 aliphatic rings. The Kier molecular flexibility index (Phi) is 6.98. The lowest BCUT2D eigenvalue weighted by atomic mass is 10.2. The van der Waals surface area contributed by atoms with Crippen LogP contribution in [0.15, 0.2) is 35.2 Å². The molecule has 0 amide bonds. The third kappa shape index (κ3) is 5.49. The number of nitrogens with one attached hydrogen (secondary N) is 1. The SMILES string of the molecule is CC(C)CN(CCS(=O)(=O)N1CCNCC1)S(=O)(=O)c1ccccc1. The van der Waals surface area contributed by atoms with Crippen LogP contribution in [-0.2, 0) is 20.0 Å². The molecule has 1 saturated heterocycles. The molecule has 1 fully saturated rings. The zero-order chi connectivity index (χ0) is 18.5. The molecule has 25 heavy (non-hydrogen) atoms. The van der Waals surface area contributed by atoms with Crippen LogP contribution in [0, 0.1) is 5.92 Å². The minimum atomic E-state index is -3.71. The molecule has 1 aromatic rings. The van der Waals surface area contributed by atoms with Gasteiger partial charge in [0.05, 0.1) is 10.6 Å². The van der Waals surface area contributed by atoms with Crippen LogP contribution < -0.4 is 5.32 Å². The van der Waals surface area contributed by atoms with Crippen molar-refractivity contribution in [2.45, 2.75) is 18.7 Å². The van der Waals surface area contributed by atoms with Crippen LogP contribution in [0.5, 0.6) is 0 Å². The lowest BCUT2D eigenvalue weighted by Gasteiger charge is -2.28. The van der Waals surface area contributed by atoms with Gasteiger partial charge >= 0.3 is 0 Å². The normalized spacial score (nSPS) is 17.3. The van der Waals surface area contributed by atoms with Crippen LogP contribution in [0.1, 0.15) is 13.8 Å². The largest absolute Gasteiger partial charge is 0.314 e. The van der Waals surface area contributed by atoms with Gasteiger partial charge in [0.2, 0.25) is 20.0 Å². The fourth-order valence-corrected chi connectivity index (χ4v) is 5.92. The Hall–Kier alpha value is -1.00. The maximum atomic E-state index is 12.9. The van der Waals surface area contributed by atoms with Crippen LogP contribution in [0.3, 0.4) is 0 Å². The van der Waals surface area contributed by atoms with Crippen molar-refractivity contribution in [2.24, 2.45) is 5.92 Å². The van der Waals surface area contributed by atoms with E-state index in [1.165, 1.54) is 20.7 Å². The highest BCUT2D eigenvalue weighted by molar-refractivity contribution is 7.90. The average Bonchev–Trinajstić information content (AvgIpc) is 2.60. The summed E-state index contributed by atoms with van der Waals surface area (Å²) in [6.45, 7) is 6.18. The molecule has 0 unspecified atom stereocenters. The number of rotatable bonds is 8. The molecule has 7 nitrogen and oxygen atoms in total. The summed E-state index contributed by atoms with van der Waals surface area (Å²) in [5.41, 5.74) is 0. The first kappa shape index (κ1) is 20.3. The topological polar surface area (TPSA) is 86.8 Å². The van der Waals surface area contributed by atoms with Crippen molar-refractivity contribution < 1.29 is 16.8 Å². The van der Waals surface area contributed by atoms with E-state index >= 15 is 0 Å². The Morgan fingerprint density at radius 3 is 2.24 bits per heavy atom. The van der Waals surface area contributed by atoms with Crippen molar-refractivity contribution in [3.63, 3.8) is 0 Å². The number of benzene rings is 1.